The van der Waals surface area contributed by atoms with Crippen molar-refractivity contribution in [3.05, 3.63) is 29.6 Å². The maximum atomic E-state index is 13.8. The van der Waals surface area contributed by atoms with Crippen molar-refractivity contribution in [3.63, 3.8) is 0 Å². The molecule has 0 aromatic heterocycles. The molecule has 17 heavy (non-hydrogen) atoms. The lowest BCUT2D eigenvalue weighted by molar-refractivity contribution is -0.138. The fourth-order valence-electron chi connectivity index (χ4n) is 1.55. The van der Waals surface area contributed by atoms with E-state index in [0.29, 0.717) is 12.1 Å². The smallest absolute Gasteiger partial charge is 0.317 e. The van der Waals surface area contributed by atoms with Gasteiger partial charge in [-0.1, -0.05) is 19.1 Å². The average molecular weight is 241 g/mol. The minimum absolute atomic E-state index is 0.104. The number of carboxylic acid groups (broad SMARTS) is 1. The van der Waals surface area contributed by atoms with Gasteiger partial charge in [0.2, 0.25) is 0 Å². The Morgan fingerprint density at radius 3 is 2.76 bits per heavy atom. The van der Waals surface area contributed by atoms with Crippen LogP contribution in [0.1, 0.15) is 12.5 Å². The molecule has 0 aliphatic carbocycles. The molecule has 0 saturated carbocycles. The van der Waals surface area contributed by atoms with Crippen molar-refractivity contribution in [1.29, 1.82) is 0 Å². The number of hydrogen-bond acceptors (Lipinski definition) is 3. The molecule has 94 valence electrons. The van der Waals surface area contributed by atoms with Crippen LogP contribution in [0.25, 0.3) is 0 Å². The quantitative estimate of drug-likeness (QED) is 0.824. The van der Waals surface area contributed by atoms with Gasteiger partial charge >= 0.3 is 5.97 Å². The summed E-state index contributed by atoms with van der Waals surface area (Å²) < 4.78 is 18.7. The summed E-state index contributed by atoms with van der Waals surface area (Å²) in [5.41, 5.74) is 0.437. The van der Waals surface area contributed by atoms with E-state index in [2.05, 4.69) is 0 Å². The first-order valence-electron chi connectivity index (χ1n) is 5.34. The summed E-state index contributed by atoms with van der Waals surface area (Å²) in [4.78, 5) is 12.2. The van der Waals surface area contributed by atoms with Crippen molar-refractivity contribution in [2.75, 3.05) is 20.2 Å². The number of aliphatic carboxylic acids is 1. The molecule has 0 heterocycles. The Balaban J connectivity index is 2.82. The number of benzene rings is 1. The Morgan fingerprint density at radius 2 is 2.24 bits per heavy atom. The number of carboxylic acids is 1. The van der Waals surface area contributed by atoms with Gasteiger partial charge in [0, 0.05) is 12.1 Å². The molecule has 1 rings (SSSR count). The van der Waals surface area contributed by atoms with Gasteiger partial charge in [0.1, 0.15) is 0 Å². The van der Waals surface area contributed by atoms with E-state index in [9.17, 15) is 9.18 Å². The van der Waals surface area contributed by atoms with Gasteiger partial charge in [0.25, 0.3) is 0 Å². The number of halogens is 1. The van der Waals surface area contributed by atoms with E-state index in [-0.39, 0.29) is 18.8 Å². The second-order valence-corrected chi connectivity index (χ2v) is 3.63. The van der Waals surface area contributed by atoms with Crippen LogP contribution in [0.4, 0.5) is 4.39 Å². The highest BCUT2D eigenvalue weighted by atomic mass is 19.1. The Labute approximate surface area is 99.6 Å². The third-order valence-electron chi connectivity index (χ3n) is 2.46. The first-order chi connectivity index (χ1) is 8.08. The fourth-order valence-corrected chi connectivity index (χ4v) is 1.55. The summed E-state index contributed by atoms with van der Waals surface area (Å²) >= 11 is 0. The molecule has 0 aliphatic heterocycles. The van der Waals surface area contributed by atoms with E-state index in [1.807, 2.05) is 6.92 Å². The highest BCUT2D eigenvalue weighted by molar-refractivity contribution is 5.69. The molecule has 1 aromatic carbocycles. The number of rotatable bonds is 6. The zero-order valence-corrected chi connectivity index (χ0v) is 9.94. The molecule has 1 N–H and O–H groups in total. The van der Waals surface area contributed by atoms with Gasteiger partial charge in [0.05, 0.1) is 13.7 Å². The Kier molecular flexibility index (Phi) is 4.90. The second-order valence-electron chi connectivity index (χ2n) is 3.63. The molecule has 0 aliphatic rings. The number of methoxy groups -OCH3 is 1. The number of nitrogens with zero attached hydrogens (tertiary/aromatic N) is 1. The summed E-state index contributed by atoms with van der Waals surface area (Å²) in [6, 6.07) is 4.85. The van der Waals surface area contributed by atoms with Crippen LogP contribution in [0.15, 0.2) is 18.2 Å². The van der Waals surface area contributed by atoms with Gasteiger partial charge in [0.15, 0.2) is 11.6 Å². The predicted molar refractivity (Wildman–Crippen MR) is 61.5 cm³/mol. The van der Waals surface area contributed by atoms with Crippen LogP contribution >= 0.6 is 0 Å². The van der Waals surface area contributed by atoms with Crippen LogP contribution in [0, 0.1) is 5.82 Å². The van der Waals surface area contributed by atoms with Crippen molar-refractivity contribution in [2.24, 2.45) is 0 Å². The van der Waals surface area contributed by atoms with Gasteiger partial charge in [-0.2, -0.15) is 0 Å². The highest BCUT2D eigenvalue weighted by Crippen LogP contribution is 2.21. The number of likely N-dealkylation sites (N-methyl/N-ethyl adjacent to an activating group) is 1. The molecule has 0 unspecified atom stereocenters. The normalized spacial score (nSPS) is 10.6. The standard InChI is InChI=1S/C12H16FNO3/c1-3-14(8-11(15)16)7-9-5-4-6-10(17-2)12(9)13/h4-6H,3,7-8H2,1-2H3,(H,15,16). The van der Waals surface area contributed by atoms with Gasteiger partial charge in [-0.05, 0) is 12.6 Å². The molecule has 5 heteroatoms. The van der Waals surface area contributed by atoms with Crippen molar-refractivity contribution in [3.8, 4) is 5.75 Å². The minimum atomic E-state index is -0.921. The molecule has 0 spiro atoms. The average Bonchev–Trinajstić information content (AvgIpc) is 2.30. The molecule has 0 radical (unpaired) electrons. The molecule has 0 fully saturated rings. The lowest BCUT2D eigenvalue weighted by atomic mass is 10.2. The lowest BCUT2D eigenvalue weighted by Crippen LogP contribution is -2.29. The van der Waals surface area contributed by atoms with E-state index < -0.39 is 11.8 Å². The van der Waals surface area contributed by atoms with E-state index in [4.69, 9.17) is 9.84 Å². The maximum absolute atomic E-state index is 13.8. The summed E-state index contributed by atoms with van der Waals surface area (Å²) in [6.07, 6.45) is 0. The first-order valence-corrected chi connectivity index (χ1v) is 5.34. The second kappa shape index (κ2) is 6.20. The molecular weight excluding hydrogens is 225 g/mol. The Bertz CT molecular complexity index is 395. The molecule has 0 bridgehead atoms. The fraction of sp³-hybridized carbons (Fsp3) is 0.417. The van der Waals surface area contributed by atoms with Crippen molar-refractivity contribution in [2.45, 2.75) is 13.5 Å². The molecule has 0 amide bonds. The third kappa shape index (κ3) is 3.71. The van der Waals surface area contributed by atoms with E-state index >= 15 is 0 Å². The first kappa shape index (κ1) is 13.4. The van der Waals surface area contributed by atoms with Crippen molar-refractivity contribution >= 4 is 5.97 Å². The Morgan fingerprint density at radius 1 is 1.53 bits per heavy atom. The zero-order valence-electron chi connectivity index (χ0n) is 9.94. The van der Waals surface area contributed by atoms with Crippen molar-refractivity contribution in [1.82, 2.24) is 4.90 Å². The lowest BCUT2D eigenvalue weighted by Gasteiger charge is -2.18. The zero-order chi connectivity index (χ0) is 12.8. The monoisotopic (exact) mass is 241 g/mol. The van der Waals surface area contributed by atoms with Crippen LogP contribution < -0.4 is 4.74 Å². The van der Waals surface area contributed by atoms with Crippen LogP contribution in [0.5, 0.6) is 5.75 Å². The van der Waals surface area contributed by atoms with Gasteiger partial charge in [-0.3, -0.25) is 9.69 Å². The topological polar surface area (TPSA) is 49.8 Å². The largest absolute Gasteiger partial charge is 0.494 e. The summed E-state index contributed by atoms with van der Waals surface area (Å²) in [5.74, 6) is -1.18. The van der Waals surface area contributed by atoms with Gasteiger partial charge in [-0.15, -0.1) is 0 Å². The maximum Gasteiger partial charge on any atom is 0.317 e. The summed E-state index contributed by atoms with van der Waals surface area (Å²) in [5, 5.41) is 8.70. The Hall–Kier alpha value is -1.62. The van der Waals surface area contributed by atoms with E-state index in [0.717, 1.165) is 0 Å². The molecule has 0 atom stereocenters. The highest BCUT2D eigenvalue weighted by Gasteiger charge is 2.13. The molecular formula is C12H16FNO3. The van der Waals surface area contributed by atoms with Crippen LogP contribution in [0.3, 0.4) is 0 Å². The van der Waals surface area contributed by atoms with Crippen LogP contribution in [0.2, 0.25) is 0 Å². The molecule has 0 saturated heterocycles. The van der Waals surface area contributed by atoms with Gasteiger partial charge < -0.3 is 9.84 Å². The number of hydrogen-bond donors (Lipinski definition) is 1. The van der Waals surface area contributed by atoms with Crippen LogP contribution in [-0.4, -0.2) is 36.2 Å². The SMILES string of the molecule is CCN(CC(=O)O)Cc1cccc(OC)c1F. The predicted octanol–water partition coefficient (Wildman–Crippen LogP) is 1.74. The number of ether oxygens (including phenoxy) is 1. The van der Waals surface area contributed by atoms with E-state index in [1.54, 1.807) is 17.0 Å². The molecule has 1 aromatic rings. The minimum Gasteiger partial charge on any atom is -0.494 e. The van der Waals surface area contributed by atoms with Crippen molar-refractivity contribution < 1.29 is 19.0 Å². The van der Waals surface area contributed by atoms with Gasteiger partial charge in [-0.25, -0.2) is 4.39 Å². The summed E-state index contributed by atoms with van der Waals surface area (Å²) in [7, 11) is 1.40. The van der Waals surface area contributed by atoms with E-state index in [1.165, 1.54) is 13.2 Å². The third-order valence-corrected chi connectivity index (χ3v) is 2.46. The van der Waals surface area contributed by atoms with Crippen LogP contribution in [-0.2, 0) is 11.3 Å². The summed E-state index contributed by atoms with van der Waals surface area (Å²) in [6.45, 7) is 2.53. The number of carbonyl (C=O) groups is 1. The molecule has 4 nitrogen and oxygen atoms in total.